The van der Waals surface area contributed by atoms with Crippen molar-refractivity contribution >= 4 is 23.2 Å². The highest BCUT2D eigenvalue weighted by Crippen LogP contribution is 2.20. The predicted octanol–water partition coefficient (Wildman–Crippen LogP) is 3.36. The third-order valence-corrected chi connectivity index (χ3v) is 3.13. The Kier molecular flexibility index (Phi) is 4.07. The van der Waals surface area contributed by atoms with Crippen molar-refractivity contribution in [2.45, 2.75) is 13.5 Å². The predicted molar refractivity (Wildman–Crippen MR) is 78.5 cm³/mol. The molecule has 98 valence electrons. The van der Waals surface area contributed by atoms with Crippen LogP contribution in [0.1, 0.15) is 21.5 Å². The number of anilines is 1. The second-order valence-electron chi connectivity index (χ2n) is 4.38. The molecule has 0 radical (unpaired) electrons. The van der Waals surface area contributed by atoms with Crippen molar-refractivity contribution < 1.29 is 4.79 Å². The van der Waals surface area contributed by atoms with Crippen LogP contribution in [0.2, 0.25) is 5.02 Å². The Labute approximate surface area is 117 Å². The van der Waals surface area contributed by atoms with E-state index in [0.29, 0.717) is 17.1 Å². The Morgan fingerprint density at radius 1 is 1.26 bits per heavy atom. The van der Waals surface area contributed by atoms with Crippen LogP contribution >= 0.6 is 11.6 Å². The number of benzene rings is 2. The average molecular weight is 275 g/mol. The van der Waals surface area contributed by atoms with Gasteiger partial charge in [-0.3, -0.25) is 4.79 Å². The molecule has 3 N–H and O–H groups in total. The maximum atomic E-state index is 11.1. The van der Waals surface area contributed by atoms with E-state index in [0.717, 1.165) is 16.8 Å². The van der Waals surface area contributed by atoms with Crippen molar-refractivity contribution in [3.63, 3.8) is 0 Å². The van der Waals surface area contributed by atoms with Crippen LogP contribution in [0.25, 0.3) is 0 Å². The molecule has 0 saturated carbocycles. The molecule has 4 heteroatoms. The fourth-order valence-electron chi connectivity index (χ4n) is 1.82. The normalized spacial score (nSPS) is 10.2. The maximum Gasteiger partial charge on any atom is 0.248 e. The Morgan fingerprint density at radius 2 is 2.05 bits per heavy atom. The lowest BCUT2D eigenvalue weighted by molar-refractivity contribution is 0.1000. The summed E-state index contributed by atoms with van der Waals surface area (Å²) in [7, 11) is 0. The molecule has 19 heavy (non-hydrogen) atoms. The van der Waals surface area contributed by atoms with Crippen LogP contribution in [0, 0.1) is 6.92 Å². The lowest BCUT2D eigenvalue weighted by Gasteiger charge is -2.10. The third kappa shape index (κ3) is 3.48. The van der Waals surface area contributed by atoms with Crippen molar-refractivity contribution in [2.24, 2.45) is 5.73 Å². The zero-order chi connectivity index (χ0) is 13.8. The van der Waals surface area contributed by atoms with E-state index in [1.165, 1.54) is 0 Å². The molecule has 2 aromatic rings. The number of hydrogen-bond acceptors (Lipinski definition) is 2. The van der Waals surface area contributed by atoms with Gasteiger partial charge in [0.05, 0.1) is 0 Å². The molecule has 0 saturated heterocycles. The molecular weight excluding hydrogens is 260 g/mol. The SMILES string of the molecule is Cc1ccc(Cl)cc1NCc1cccc(C(N)=O)c1. The summed E-state index contributed by atoms with van der Waals surface area (Å²) in [6, 6.07) is 13.0. The molecule has 0 fully saturated rings. The second kappa shape index (κ2) is 5.76. The highest BCUT2D eigenvalue weighted by molar-refractivity contribution is 6.30. The lowest BCUT2D eigenvalue weighted by Crippen LogP contribution is -2.11. The van der Waals surface area contributed by atoms with Crippen molar-refractivity contribution in [1.29, 1.82) is 0 Å². The highest BCUT2D eigenvalue weighted by atomic mass is 35.5. The number of nitrogens with two attached hydrogens (primary N) is 1. The number of primary amides is 1. The van der Waals surface area contributed by atoms with Gasteiger partial charge in [-0.25, -0.2) is 0 Å². The second-order valence-corrected chi connectivity index (χ2v) is 4.81. The summed E-state index contributed by atoms with van der Waals surface area (Å²) in [5, 5.41) is 3.99. The van der Waals surface area contributed by atoms with Crippen molar-refractivity contribution in [1.82, 2.24) is 0 Å². The summed E-state index contributed by atoms with van der Waals surface area (Å²) >= 11 is 5.96. The Balaban J connectivity index is 2.12. The fourth-order valence-corrected chi connectivity index (χ4v) is 1.99. The van der Waals surface area contributed by atoms with Crippen LogP contribution in [0.5, 0.6) is 0 Å². The number of rotatable bonds is 4. The van der Waals surface area contributed by atoms with E-state index in [9.17, 15) is 4.79 Å². The molecule has 1 amide bonds. The summed E-state index contributed by atoms with van der Waals surface area (Å²) in [4.78, 5) is 11.1. The number of aryl methyl sites for hydroxylation is 1. The Hall–Kier alpha value is -2.00. The summed E-state index contributed by atoms with van der Waals surface area (Å²) in [6.07, 6.45) is 0. The summed E-state index contributed by atoms with van der Waals surface area (Å²) in [5.74, 6) is -0.416. The summed E-state index contributed by atoms with van der Waals surface area (Å²) in [5.41, 5.74) is 8.87. The lowest BCUT2D eigenvalue weighted by atomic mass is 10.1. The molecule has 0 aliphatic heterocycles. The molecule has 0 aliphatic carbocycles. The molecule has 3 nitrogen and oxygen atoms in total. The van der Waals surface area contributed by atoms with Crippen molar-refractivity contribution in [2.75, 3.05) is 5.32 Å². The van der Waals surface area contributed by atoms with Gasteiger partial charge in [0, 0.05) is 22.8 Å². The van der Waals surface area contributed by atoms with Crippen LogP contribution in [0.15, 0.2) is 42.5 Å². The Morgan fingerprint density at radius 3 is 2.79 bits per heavy atom. The zero-order valence-electron chi connectivity index (χ0n) is 10.6. The van der Waals surface area contributed by atoms with Gasteiger partial charge < -0.3 is 11.1 Å². The van der Waals surface area contributed by atoms with Crippen molar-refractivity contribution in [3.8, 4) is 0 Å². The van der Waals surface area contributed by atoms with Gasteiger partial charge in [0.2, 0.25) is 5.91 Å². The van der Waals surface area contributed by atoms with E-state index in [4.69, 9.17) is 17.3 Å². The molecule has 0 aliphatic rings. The van der Waals surface area contributed by atoms with Crippen LogP contribution in [0.4, 0.5) is 5.69 Å². The number of carbonyl (C=O) groups excluding carboxylic acids is 1. The van der Waals surface area contributed by atoms with Gasteiger partial charge in [-0.2, -0.15) is 0 Å². The number of carbonyl (C=O) groups is 1. The molecule has 0 unspecified atom stereocenters. The third-order valence-electron chi connectivity index (χ3n) is 2.89. The van der Waals surface area contributed by atoms with Gasteiger partial charge in [0.1, 0.15) is 0 Å². The van der Waals surface area contributed by atoms with Gasteiger partial charge in [-0.15, -0.1) is 0 Å². The molecule has 0 heterocycles. The molecule has 2 aromatic carbocycles. The highest BCUT2D eigenvalue weighted by Gasteiger charge is 2.03. The van der Waals surface area contributed by atoms with Gasteiger partial charge in [0.15, 0.2) is 0 Å². The van der Waals surface area contributed by atoms with Crippen LogP contribution in [-0.4, -0.2) is 5.91 Å². The first kappa shape index (κ1) is 13.4. The van der Waals surface area contributed by atoms with Crippen LogP contribution in [0.3, 0.4) is 0 Å². The van der Waals surface area contributed by atoms with E-state index in [-0.39, 0.29) is 0 Å². The summed E-state index contributed by atoms with van der Waals surface area (Å²) in [6.45, 7) is 2.63. The molecule has 0 atom stereocenters. The van der Waals surface area contributed by atoms with E-state index in [1.54, 1.807) is 12.1 Å². The Bertz CT molecular complexity index is 611. The van der Waals surface area contributed by atoms with Gasteiger partial charge in [-0.1, -0.05) is 29.8 Å². The largest absolute Gasteiger partial charge is 0.381 e. The smallest absolute Gasteiger partial charge is 0.248 e. The van der Waals surface area contributed by atoms with E-state index < -0.39 is 5.91 Å². The molecule has 0 bridgehead atoms. The first-order chi connectivity index (χ1) is 9.06. The number of amides is 1. The number of hydrogen-bond donors (Lipinski definition) is 2. The van der Waals surface area contributed by atoms with Gasteiger partial charge >= 0.3 is 0 Å². The molecule has 2 rings (SSSR count). The van der Waals surface area contributed by atoms with E-state index in [2.05, 4.69) is 5.32 Å². The minimum Gasteiger partial charge on any atom is -0.381 e. The maximum absolute atomic E-state index is 11.1. The number of halogens is 1. The minimum atomic E-state index is -0.416. The first-order valence-corrected chi connectivity index (χ1v) is 6.33. The van der Waals surface area contributed by atoms with Gasteiger partial charge in [-0.05, 0) is 42.3 Å². The monoisotopic (exact) mass is 274 g/mol. The minimum absolute atomic E-state index is 0.416. The van der Waals surface area contributed by atoms with Crippen LogP contribution < -0.4 is 11.1 Å². The average Bonchev–Trinajstić information content (AvgIpc) is 2.40. The molecule has 0 aromatic heterocycles. The fraction of sp³-hybridized carbons (Fsp3) is 0.133. The quantitative estimate of drug-likeness (QED) is 0.898. The topological polar surface area (TPSA) is 55.1 Å². The van der Waals surface area contributed by atoms with Gasteiger partial charge in [0.25, 0.3) is 0 Å². The number of nitrogens with one attached hydrogen (secondary N) is 1. The molecule has 0 spiro atoms. The zero-order valence-corrected chi connectivity index (χ0v) is 11.4. The van der Waals surface area contributed by atoms with E-state index in [1.807, 2.05) is 37.3 Å². The van der Waals surface area contributed by atoms with Crippen LogP contribution in [-0.2, 0) is 6.54 Å². The summed E-state index contributed by atoms with van der Waals surface area (Å²) < 4.78 is 0. The standard InChI is InChI=1S/C15H15ClN2O/c1-10-5-6-13(16)8-14(10)18-9-11-3-2-4-12(7-11)15(17)19/h2-8,18H,9H2,1H3,(H2,17,19). The molecular formula is C15H15ClN2O. The van der Waals surface area contributed by atoms with Crippen molar-refractivity contribution in [3.05, 3.63) is 64.2 Å². The van der Waals surface area contributed by atoms with E-state index >= 15 is 0 Å². The first-order valence-electron chi connectivity index (χ1n) is 5.95.